The van der Waals surface area contributed by atoms with Gasteiger partial charge in [0.05, 0.1) is 6.04 Å². The fourth-order valence-corrected chi connectivity index (χ4v) is 2.13. The summed E-state index contributed by atoms with van der Waals surface area (Å²) < 4.78 is 13.7. The van der Waals surface area contributed by atoms with E-state index >= 15 is 0 Å². The lowest BCUT2D eigenvalue weighted by Crippen LogP contribution is -2.53. The van der Waals surface area contributed by atoms with Gasteiger partial charge in [-0.3, -0.25) is 0 Å². The van der Waals surface area contributed by atoms with Gasteiger partial charge in [-0.05, 0) is 12.0 Å². The summed E-state index contributed by atoms with van der Waals surface area (Å²) in [7, 11) is 0. The molecule has 2 atom stereocenters. The fraction of sp³-hybridized carbons (Fsp3) is 0.462. The number of hydrogen-bond acceptors (Lipinski definition) is 2. The SMILES string of the molecule is O=C(O)N1CC[C@@H](F)[C@@H](NCc2ccccc2)C1. The molecule has 1 aliphatic heterocycles. The van der Waals surface area contributed by atoms with Crippen molar-refractivity contribution >= 4 is 6.09 Å². The first kappa shape index (κ1) is 12.8. The molecule has 0 saturated carbocycles. The maximum Gasteiger partial charge on any atom is 0.407 e. The number of nitrogens with one attached hydrogen (secondary N) is 1. The van der Waals surface area contributed by atoms with Crippen LogP contribution in [0, 0.1) is 0 Å². The molecule has 2 N–H and O–H groups in total. The molecule has 2 rings (SSSR count). The highest BCUT2D eigenvalue weighted by atomic mass is 19.1. The molecule has 4 nitrogen and oxygen atoms in total. The van der Waals surface area contributed by atoms with Crippen molar-refractivity contribution in [3.63, 3.8) is 0 Å². The highest BCUT2D eigenvalue weighted by molar-refractivity contribution is 5.65. The molecule has 0 aromatic heterocycles. The first-order valence-corrected chi connectivity index (χ1v) is 6.06. The first-order chi connectivity index (χ1) is 8.66. The largest absolute Gasteiger partial charge is 0.465 e. The van der Waals surface area contributed by atoms with E-state index in [-0.39, 0.29) is 19.5 Å². The second-order valence-corrected chi connectivity index (χ2v) is 4.51. The number of rotatable bonds is 3. The second-order valence-electron chi connectivity index (χ2n) is 4.51. The van der Waals surface area contributed by atoms with E-state index in [4.69, 9.17) is 5.11 Å². The number of amides is 1. The number of benzene rings is 1. The van der Waals surface area contributed by atoms with Crippen molar-refractivity contribution < 1.29 is 14.3 Å². The van der Waals surface area contributed by atoms with Gasteiger partial charge in [-0.15, -0.1) is 0 Å². The molecule has 0 bridgehead atoms. The molecule has 5 heteroatoms. The minimum atomic E-state index is -0.982. The van der Waals surface area contributed by atoms with E-state index in [0.29, 0.717) is 6.54 Å². The molecule has 1 saturated heterocycles. The van der Waals surface area contributed by atoms with E-state index in [9.17, 15) is 9.18 Å². The third-order valence-corrected chi connectivity index (χ3v) is 3.21. The van der Waals surface area contributed by atoms with Gasteiger partial charge in [0.1, 0.15) is 6.17 Å². The van der Waals surface area contributed by atoms with Crippen LogP contribution in [-0.4, -0.2) is 41.4 Å². The zero-order valence-electron chi connectivity index (χ0n) is 10.1. The molecule has 1 aromatic carbocycles. The number of carboxylic acid groups (broad SMARTS) is 1. The Hall–Kier alpha value is -1.62. The van der Waals surface area contributed by atoms with Crippen molar-refractivity contribution in [3.05, 3.63) is 35.9 Å². The second kappa shape index (κ2) is 5.82. The number of nitrogens with zero attached hydrogens (tertiary/aromatic N) is 1. The third-order valence-electron chi connectivity index (χ3n) is 3.21. The third kappa shape index (κ3) is 3.20. The Kier molecular flexibility index (Phi) is 4.15. The fourth-order valence-electron chi connectivity index (χ4n) is 2.13. The number of likely N-dealkylation sites (tertiary alicyclic amines) is 1. The van der Waals surface area contributed by atoms with Crippen molar-refractivity contribution in [2.24, 2.45) is 0 Å². The molecule has 1 amide bonds. The van der Waals surface area contributed by atoms with Gasteiger partial charge >= 0.3 is 6.09 Å². The van der Waals surface area contributed by atoms with Crippen LogP contribution in [0.2, 0.25) is 0 Å². The maximum absolute atomic E-state index is 13.7. The Bertz CT molecular complexity index is 399. The van der Waals surface area contributed by atoms with E-state index in [1.54, 1.807) is 0 Å². The molecule has 0 unspecified atom stereocenters. The smallest absolute Gasteiger partial charge is 0.407 e. The average Bonchev–Trinajstić information content (AvgIpc) is 2.38. The van der Waals surface area contributed by atoms with Crippen molar-refractivity contribution in [2.45, 2.75) is 25.2 Å². The van der Waals surface area contributed by atoms with Gasteiger partial charge in [-0.25, -0.2) is 9.18 Å². The monoisotopic (exact) mass is 252 g/mol. The molecule has 0 radical (unpaired) electrons. The molecular weight excluding hydrogens is 235 g/mol. The van der Waals surface area contributed by atoms with E-state index in [2.05, 4.69) is 5.32 Å². The zero-order valence-corrected chi connectivity index (χ0v) is 10.1. The van der Waals surface area contributed by atoms with Gasteiger partial charge in [0.25, 0.3) is 0 Å². The molecule has 1 aliphatic rings. The predicted molar refractivity (Wildman–Crippen MR) is 66.2 cm³/mol. The molecule has 98 valence electrons. The summed E-state index contributed by atoms with van der Waals surface area (Å²) in [6.07, 6.45) is -1.70. The Balaban J connectivity index is 1.89. The average molecular weight is 252 g/mol. The van der Waals surface area contributed by atoms with Crippen LogP contribution in [0.4, 0.5) is 9.18 Å². The summed E-state index contributed by atoms with van der Waals surface area (Å²) >= 11 is 0. The summed E-state index contributed by atoms with van der Waals surface area (Å²) in [5.41, 5.74) is 1.07. The van der Waals surface area contributed by atoms with Crippen LogP contribution in [0.3, 0.4) is 0 Å². The molecule has 0 spiro atoms. The quantitative estimate of drug-likeness (QED) is 0.863. The highest BCUT2D eigenvalue weighted by Crippen LogP contribution is 2.15. The number of hydrogen-bond donors (Lipinski definition) is 2. The van der Waals surface area contributed by atoms with Crippen LogP contribution >= 0.6 is 0 Å². The Morgan fingerprint density at radius 1 is 1.44 bits per heavy atom. The number of alkyl halides is 1. The molecular formula is C13H17FN2O2. The number of carbonyl (C=O) groups is 1. The summed E-state index contributed by atoms with van der Waals surface area (Å²) in [6, 6.07) is 9.27. The van der Waals surface area contributed by atoms with Crippen LogP contribution in [0.25, 0.3) is 0 Å². The summed E-state index contributed by atoms with van der Waals surface area (Å²) in [5, 5.41) is 12.0. The number of halogens is 1. The lowest BCUT2D eigenvalue weighted by atomic mass is 10.0. The molecule has 1 fully saturated rings. The van der Waals surface area contributed by atoms with Crippen molar-refractivity contribution in [1.82, 2.24) is 10.2 Å². The summed E-state index contributed by atoms with van der Waals surface area (Å²) in [5.74, 6) is 0. The topological polar surface area (TPSA) is 52.6 Å². The Labute approximate surface area is 105 Å². The first-order valence-electron chi connectivity index (χ1n) is 6.06. The van der Waals surface area contributed by atoms with Gasteiger partial charge < -0.3 is 15.3 Å². The van der Waals surface area contributed by atoms with E-state index in [1.165, 1.54) is 4.90 Å². The minimum absolute atomic E-state index is 0.212. The van der Waals surface area contributed by atoms with Gasteiger partial charge in [-0.1, -0.05) is 30.3 Å². The molecule has 1 aromatic rings. The van der Waals surface area contributed by atoms with Gasteiger partial charge in [-0.2, -0.15) is 0 Å². The molecule has 18 heavy (non-hydrogen) atoms. The van der Waals surface area contributed by atoms with Gasteiger partial charge in [0.2, 0.25) is 0 Å². The van der Waals surface area contributed by atoms with Crippen molar-refractivity contribution in [1.29, 1.82) is 0 Å². The standard InChI is InChI=1S/C13H17FN2O2/c14-11-6-7-16(13(17)18)9-12(11)15-8-10-4-2-1-3-5-10/h1-5,11-12,15H,6-9H2,(H,17,18)/t11-,12+/m1/s1. The minimum Gasteiger partial charge on any atom is -0.465 e. The summed E-state index contributed by atoms with van der Waals surface area (Å²) in [4.78, 5) is 12.1. The zero-order chi connectivity index (χ0) is 13.0. The molecule has 1 heterocycles. The normalized spacial score (nSPS) is 23.9. The Morgan fingerprint density at radius 2 is 2.17 bits per heavy atom. The van der Waals surface area contributed by atoms with Gasteiger partial charge in [0.15, 0.2) is 0 Å². The highest BCUT2D eigenvalue weighted by Gasteiger charge is 2.30. The van der Waals surface area contributed by atoms with Crippen LogP contribution in [0.5, 0.6) is 0 Å². The number of piperidine rings is 1. The van der Waals surface area contributed by atoms with Crippen LogP contribution < -0.4 is 5.32 Å². The lowest BCUT2D eigenvalue weighted by Gasteiger charge is -2.33. The summed E-state index contributed by atoms with van der Waals surface area (Å²) in [6.45, 7) is 1.04. The Morgan fingerprint density at radius 3 is 2.83 bits per heavy atom. The van der Waals surface area contributed by atoms with Crippen molar-refractivity contribution in [3.8, 4) is 0 Å². The van der Waals surface area contributed by atoms with E-state index < -0.39 is 18.3 Å². The molecule has 0 aliphatic carbocycles. The maximum atomic E-state index is 13.7. The van der Waals surface area contributed by atoms with E-state index in [0.717, 1.165) is 5.56 Å². The van der Waals surface area contributed by atoms with Gasteiger partial charge in [0, 0.05) is 19.6 Å². The van der Waals surface area contributed by atoms with Crippen LogP contribution in [0.1, 0.15) is 12.0 Å². The van der Waals surface area contributed by atoms with E-state index in [1.807, 2.05) is 30.3 Å². The lowest BCUT2D eigenvalue weighted by molar-refractivity contribution is 0.0924. The van der Waals surface area contributed by atoms with Crippen molar-refractivity contribution in [2.75, 3.05) is 13.1 Å². The predicted octanol–water partition coefficient (Wildman–Crippen LogP) is 1.87. The van der Waals surface area contributed by atoms with Crippen LogP contribution in [-0.2, 0) is 6.54 Å². The van der Waals surface area contributed by atoms with Crippen LogP contribution in [0.15, 0.2) is 30.3 Å².